The van der Waals surface area contributed by atoms with Crippen LogP contribution in [0.5, 0.6) is 0 Å². The quantitative estimate of drug-likeness (QED) is 0.290. The fourth-order valence-corrected chi connectivity index (χ4v) is 2.79. The molecule has 0 unspecified atom stereocenters. The van der Waals surface area contributed by atoms with Gasteiger partial charge in [0.1, 0.15) is 16.6 Å². The highest BCUT2D eigenvalue weighted by Gasteiger charge is 2.16. The molecule has 0 atom stereocenters. The molecule has 0 fully saturated rings. The van der Waals surface area contributed by atoms with Crippen LogP contribution in [-0.4, -0.2) is 25.4 Å². The lowest BCUT2D eigenvalue weighted by Gasteiger charge is -1.91. The van der Waals surface area contributed by atoms with Crippen LogP contribution >= 0.6 is 0 Å². The predicted octanol–water partition coefficient (Wildman–Crippen LogP) is 1.25. The number of hydrogen-bond donors (Lipinski definition) is 5. The van der Waals surface area contributed by atoms with Gasteiger partial charge in [-0.3, -0.25) is 30.0 Å². The van der Waals surface area contributed by atoms with Crippen molar-refractivity contribution in [2.75, 3.05) is 0 Å². The van der Waals surface area contributed by atoms with Gasteiger partial charge in [-0.15, -0.1) is 0 Å². The number of aromatic amines is 5. The molecule has 8 nitrogen and oxygen atoms in total. The zero-order valence-electron chi connectivity index (χ0n) is 9.88. The summed E-state index contributed by atoms with van der Waals surface area (Å²) in [5.41, 5.74) is 1.93. The first-order valence-corrected chi connectivity index (χ1v) is 5.97. The summed E-state index contributed by atoms with van der Waals surface area (Å²) in [5.74, 6) is 0. The normalized spacial score (nSPS) is 12.4. The van der Waals surface area contributed by atoms with Gasteiger partial charge >= 0.3 is 0 Å². The summed E-state index contributed by atoms with van der Waals surface area (Å²) in [6, 6.07) is 3.58. The smallest absolute Gasteiger partial charge is 0.275 e. The topological polar surface area (TPSA) is 126 Å². The first-order valence-electron chi connectivity index (χ1n) is 5.97. The minimum absolute atomic E-state index is 0.194. The lowest BCUT2D eigenvalue weighted by atomic mass is 10.1. The van der Waals surface area contributed by atoms with E-state index in [1.54, 1.807) is 6.07 Å². The van der Waals surface area contributed by atoms with E-state index in [2.05, 4.69) is 25.4 Å². The molecule has 0 saturated heterocycles. The zero-order chi connectivity index (χ0) is 13.4. The van der Waals surface area contributed by atoms with Crippen molar-refractivity contribution in [3.8, 4) is 0 Å². The molecule has 8 heteroatoms. The molecule has 1 aromatic carbocycles. The first-order chi connectivity index (χ1) is 9.72. The molecule has 5 N–H and O–H groups in total. The van der Waals surface area contributed by atoms with E-state index in [1.165, 1.54) is 0 Å². The minimum atomic E-state index is -0.229. The van der Waals surface area contributed by atoms with Gasteiger partial charge in [0.2, 0.25) is 5.71 Å². The molecular formula is C12H7N5O3. The Balaban J connectivity index is 2.12. The molecule has 0 bridgehead atoms. The third-order valence-electron chi connectivity index (χ3n) is 3.65. The van der Waals surface area contributed by atoms with Crippen molar-refractivity contribution in [3.05, 3.63) is 32.8 Å². The molecule has 0 radical (unpaired) electrons. The molecule has 98 valence electrons. The first kappa shape index (κ1) is 9.73. The van der Waals surface area contributed by atoms with E-state index < -0.39 is 0 Å². The number of furan rings is 1. The molecule has 5 aromatic rings. The molecule has 5 rings (SSSR count). The molecule has 4 aromatic heterocycles. The van der Waals surface area contributed by atoms with Crippen molar-refractivity contribution in [2.45, 2.75) is 0 Å². The van der Waals surface area contributed by atoms with Crippen LogP contribution in [0, 0.1) is 0 Å². The third-order valence-corrected chi connectivity index (χ3v) is 3.65. The van der Waals surface area contributed by atoms with Crippen LogP contribution in [0.2, 0.25) is 0 Å². The molecule has 0 aliphatic rings. The Kier molecular flexibility index (Phi) is 1.40. The van der Waals surface area contributed by atoms with E-state index >= 15 is 0 Å². The molecule has 4 heterocycles. The Morgan fingerprint density at radius 2 is 1.65 bits per heavy atom. The van der Waals surface area contributed by atoms with E-state index in [1.807, 2.05) is 6.07 Å². The predicted molar refractivity (Wildman–Crippen MR) is 73.0 cm³/mol. The number of aromatic nitrogens is 5. The van der Waals surface area contributed by atoms with Crippen LogP contribution in [0.15, 0.2) is 26.1 Å². The van der Waals surface area contributed by atoms with Gasteiger partial charge in [-0.1, -0.05) is 0 Å². The van der Waals surface area contributed by atoms with Crippen molar-refractivity contribution in [3.63, 3.8) is 0 Å². The largest absolute Gasteiger partial charge is 0.438 e. The molecule has 0 saturated carbocycles. The summed E-state index contributed by atoms with van der Waals surface area (Å²) in [5, 5.41) is 12.9. The van der Waals surface area contributed by atoms with Crippen LogP contribution in [0.1, 0.15) is 0 Å². The Morgan fingerprint density at radius 1 is 0.850 bits per heavy atom. The number of nitrogens with one attached hydrogen (secondary N) is 5. The van der Waals surface area contributed by atoms with Crippen molar-refractivity contribution in [2.24, 2.45) is 0 Å². The molecule has 20 heavy (non-hydrogen) atoms. The lowest BCUT2D eigenvalue weighted by molar-refractivity contribution is 0.650. The highest BCUT2D eigenvalue weighted by Crippen LogP contribution is 2.31. The van der Waals surface area contributed by atoms with Gasteiger partial charge in [-0.2, -0.15) is 0 Å². The third kappa shape index (κ3) is 0.945. The van der Waals surface area contributed by atoms with Gasteiger partial charge < -0.3 is 9.40 Å². The van der Waals surface area contributed by atoms with E-state index in [4.69, 9.17) is 4.42 Å². The van der Waals surface area contributed by atoms with Crippen LogP contribution < -0.4 is 11.1 Å². The molecular weight excluding hydrogens is 262 g/mol. The van der Waals surface area contributed by atoms with Gasteiger partial charge in [0, 0.05) is 16.3 Å². The van der Waals surface area contributed by atoms with Crippen molar-refractivity contribution in [1.82, 2.24) is 25.4 Å². The van der Waals surface area contributed by atoms with E-state index in [0.29, 0.717) is 33.1 Å². The monoisotopic (exact) mass is 269 g/mol. The van der Waals surface area contributed by atoms with E-state index in [0.717, 1.165) is 10.9 Å². The fourth-order valence-electron chi connectivity index (χ4n) is 2.79. The van der Waals surface area contributed by atoms with E-state index in [-0.39, 0.29) is 11.1 Å². The Morgan fingerprint density at radius 3 is 2.55 bits per heavy atom. The van der Waals surface area contributed by atoms with Gasteiger partial charge in [0.25, 0.3) is 11.1 Å². The summed E-state index contributed by atoms with van der Waals surface area (Å²) in [7, 11) is 0. The second kappa shape index (κ2) is 2.87. The average Bonchev–Trinajstić information content (AvgIpc) is 3.12. The number of fused-ring (bicyclic) bond motifs is 6. The number of benzene rings is 1. The number of hydrogen-bond acceptors (Lipinski definition) is 3. The Labute approximate surface area is 107 Å². The summed E-state index contributed by atoms with van der Waals surface area (Å²) in [4.78, 5) is 26.6. The summed E-state index contributed by atoms with van der Waals surface area (Å²) >= 11 is 0. The maximum atomic E-state index is 11.8. The zero-order valence-corrected chi connectivity index (χ0v) is 9.88. The Bertz CT molecular complexity index is 1140. The van der Waals surface area contributed by atoms with Gasteiger partial charge in [-0.25, -0.2) is 0 Å². The van der Waals surface area contributed by atoms with Gasteiger partial charge in [0.05, 0.1) is 5.39 Å². The molecule has 0 amide bonds. The Hall–Kier alpha value is -3.16. The molecule has 0 aliphatic heterocycles. The van der Waals surface area contributed by atoms with Crippen LogP contribution in [-0.2, 0) is 0 Å². The van der Waals surface area contributed by atoms with Crippen LogP contribution in [0.25, 0.3) is 44.0 Å². The number of rotatable bonds is 0. The second-order valence-electron chi connectivity index (χ2n) is 4.73. The highest BCUT2D eigenvalue weighted by molar-refractivity contribution is 6.14. The number of H-pyrrole nitrogens is 5. The standard InChI is InChI=1S/C12H7N5O3/c18-10-7-3-2-6-4(1-5(3)13-9(7)14-15-10)8-11(19)16-17-12(8)20-6/h1-2H,(H2,16,17,19)(H3,13,14,15,18). The van der Waals surface area contributed by atoms with E-state index in [9.17, 15) is 9.59 Å². The van der Waals surface area contributed by atoms with Crippen molar-refractivity contribution >= 4 is 44.0 Å². The SMILES string of the molecule is O=c1[nH][nH]c2[nH]c3cc4c(cc3c12)oc1[nH][nH]c(=O)c14. The van der Waals surface area contributed by atoms with Crippen molar-refractivity contribution in [1.29, 1.82) is 0 Å². The second-order valence-corrected chi connectivity index (χ2v) is 4.73. The van der Waals surface area contributed by atoms with Gasteiger partial charge in [0.15, 0.2) is 0 Å². The molecule has 0 aliphatic carbocycles. The summed E-state index contributed by atoms with van der Waals surface area (Å²) in [6.07, 6.45) is 0. The lowest BCUT2D eigenvalue weighted by Crippen LogP contribution is -1.98. The maximum Gasteiger partial charge on any atom is 0.275 e. The average molecular weight is 269 g/mol. The summed E-state index contributed by atoms with van der Waals surface area (Å²) in [6.45, 7) is 0. The molecule has 0 spiro atoms. The van der Waals surface area contributed by atoms with Crippen LogP contribution in [0.4, 0.5) is 0 Å². The van der Waals surface area contributed by atoms with Crippen LogP contribution in [0.3, 0.4) is 0 Å². The minimum Gasteiger partial charge on any atom is -0.438 e. The summed E-state index contributed by atoms with van der Waals surface area (Å²) < 4.78 is 5.59. The van der Waals surface area contributed by atoms with Gasteiger partial charge in [-0.05, 0) is 12.1 Å². The maximum absolute atomic E-state index is 11.8. The fraction of sp³-hybridized carbons (Fsp3) is 0. The highest BCUT2D eigenvalue weighted by atomic mass is 16.3. The van der Waals surface area contributed by atoms with Crippen molar-refractivity contribution < 1.29 is 4.42 Å².